The van der Waals surface area contributed by atoms with Gasteiger partial charge in [-0.25, -0.2) is 9.59 Å². The number of carbonyl (C=O) groups excluding carboxylic acids is 2. The molecule has 0 spiro atoms. The summed E-state index contributed by atoms with van der Waals surface area (Å²) in [5.41, 5.74) is 1.39. The first-order chi connectivity index (χ1) is 20.0. The smallest absolute Gasteiger partial charge is 0.343 e. The van der Waals surface area contributed by atoms with Gasteiger partial charge in [0.1, 0.15) is 48.4 Å². The Morgan fingerprint density at radius 2 is 1.12 bits per heavy atom. The minimum absolute atomic E-state index is 0.225. The summed E-state index contributed by atoms with van der Waals surface area (Å²) in [6.07, 6.45) is 0.451. The summed E-state index contributed by atoms with van der Waals surface area (Å²) in [6.45, 7) is 6.17. The molecule has 216 valence electrons. The molecule has 41 heavy (non-hydrogen) atoms. The summed E-state index contributed by atoms with van der Waals surface area (Å²) < 4.78 is 43.3. The quantitative estimate of drug-likeness (QED) is 0.109. The minimum Gasteiger partial charge on any atom is -0.491 e. The van der Waals surface area contributed by atoms with Crippen molar-refractivity contribution in [2.45, 2.75) is 19.1 Å². The number of esters is 2. The summed E-state index contributed by atoms with van der Waals surface area (Å²) in [5.74, 6) is 0.924. The molecular formula is C31H32O10. The number of carbonyl (C=O) groups is 2. The maximum atomic E-state index is 12.6. The lowest BCUT2D eigenvalue weighted by Gasteiger charge is -2.11. The lowest BCUT2D eigenvalue weighted by atomic mass is 10.2. The SMILES string of the molecule is Cc1cc(OC(=O)c2ccc(OCCOCC3CO3)cc2)ccc1OC(=O)c1ccc(OCCOCC2CO2)cc1. The molecule has 2 fully saturated rings. The Labute approximate surface area is 238 Å². The van der Waals surface area contributed by atoms with Crippen molar-refractivity contribution >= 4 is 11.9 Å². The Bertz CT molecular complexity index is 1300. The highest BCUT2D eigenvalue weighted by molar-refractivity contribution is 5.92. The van der Waals surface area contributed by atoms with Crippen molar-refractivity contribution in [3.05, 3.63) is 83.4 Å². The van der Waals surface area contributed by atoms with Crippen LogP contribution in [0.4, 0.5) is 0 Å². The second-order valence-electron chi connectivity index (χ2n) is 9.51. The molecule has 2 unspecified atom stereocenters. The van der Waals surface area contributed by atoms with Crippen LogP contribution in [0.3, 0.4) is 0 Å². The molecule has 0 aliphatic carbocycles. The van der Waals surface area contributed by atoms with Gasteiger partial charge in [-0.1, -0.05) is 0 Å². The fourth-order valence-corrected chi connectivity index (χ4v) is 3.69. The first-order valence-corrected chi connectivity index (χ1v) is 13.4. The Morgan fingerprint density at radius 1 is 0.659 bits per heavy atom. The van der Waals surface area contributed by atoms with Crippen molar-refractivity contribution < 1.29 is 47.5 Å². The molecule has 0 aromatic heterocycles. The number of hydrogen-bond donors (Lipinski definition) is 0. The number of ether oxygens (including phenoxy) is 8. The summed E-state index contributed by atoms with van der Waals surface area (Å²) in [5, 5.41) is 0. The van der Waals surface area contributed by atoms with E-state index < -0.39 is 11.9 Å². The number of aryl methyl sites for hydroxylation is 1. The molecule has 10 nitrogen and oxygen atoms in total. The fraction of sp³-hybridized carbons (Fsp3) is 0.355. The first kappa shape index (κ1) is 28.6. The van der Waals surface area contributed by atoms with Crippen molar-refractivity contribution in [1.82, 2.24) is 0 Å². The molecule has 0 bridgehead atoms. The third-order valence-electron chi connectivity index (χ3n) is 6.14. The summed E-state index contributed by atoms with van der Waals surface area (Å²) >= 11 is 0. The Morgan fingerprint density at radius 3 is 1.59 bits per heavy atom. The number of rotatable bonds is 16. The van der Waals surface area contributed by atoms with Crippen molar-refractivity contribution in [3.8, 4) is 23.0 Å². The lowest BCUT2D eigenvalue weighted by molar-refractivity contribution is 0.0718. The predicted molar refractivity (Wildman–Crippen MR) is 146 cm³/mol. The molecule has 2 aliphatic rings. The zero-order valence-corrected chi connectivity index (χ0v) is 22.7. The minimum atomic E-state index is -0.515. The molecule has 2 heterocycles. The number of hydrogen-bond acceptors (Lipinski definition) is 10. The van der Waals surface area contributed by atoms with Gasteiger partial charge in [0.05, 0.1) is 50.8 Å². The van der Waals surface area contributed by atoms with Gasteiger partial charge in [0.15, 0.2) is 0 Å². The predicted octanol–water partition coefficient (Wildman–Crippen LogP) is 4.02. The van der Waals surface area contributed by atoms with Crippen LogP contribution in [0.25, 0.3) is 0 Å². The number of epoxide rings is 2. The van der Waals surface area contributed by atoms with E-state index in [0.29, 0.717) is 79.3 Å². The van der Waals surface area contributed by atoms with Gasteiger partial charge in [0, 0.05) is 0 Å². The molecule has 0 radical (unpaired) electrons. The third kappa shape index (κ3) is 9.29. The maximum absolute atomic E-state index is 12.6. The molecule has 3 aromatic carbocycles. The topological polar surface area (TPSA) is 115 Å². The van der Waals surface area contributed by atoms with E-state index in [0.717, 1.165) is 13.2 Å². The second kappa shape index (κ2) is 14.1. The molecule has 3 aromatic rings. The molecule has 0 N–H and O–H groups in total. The van der Waals surface area contributed by atoms with Gasteiger partial charge in [0.25, 0.3) is 0 Å². The average Bonchev–Trinajstić information content (AvgIpc) is 3.91. The van der Waals surface area contributed by atoms with Crippen molar-refractivity contribution in [1.29, 1.82) is 0 Å². The van der Waals surface area contributed by atoms with Crippen LogP contribution in [0.2, 0.25) is 0 Å². The molecule has 0 saturated carbocycles. The van der Waals surface area contributed by atoms with Crippen molar-refractivity contribution in [2.24, 2.45) is 0 Å². The zero-order chi connectivity index (χ0) is 28.4. The highest BCUT2D eigenvalue weighted by atomic mass is 16.6. The summed E-state index contributed by atoms with van der Waals surface area (Å²) in [4.78, 5) is 25.3. The molecule has 2 saturated heterocycles. The van der Waals surface area contributed by atoms with Gasteiger partial charge in [-0.15, -0.1) is 0 Å². The Hall–Kier alpha value is -3.96. The Kier molecular flexibility index (Phi) is 9.82. The lowest BCUT2D eigenvalue weighted by Crippen LogP contribution is -2.11. The van der Waals surface area contributed by atoms with Crippen LogP contribution in [0.5, 0.6) is 23.0 Å². The van der Waals surface area contributed by atoms with E-state index in [1.807, 2.05) is 0 Å². The molecule has 2 aliphatic heterocycles. The molecule has 0 amide bonds. The summed E-state index contributed by atoms with van der Waals surface area (Å²) in [6, 6.07) is 18.2. The van der Waals surface area contributed by atoms with E-state index >= 15 is 0 Å². The standard InChI is InChI=1S/C31H32O10/c1-21-16-26(40-30(32)22-2-6-24(7-3-22)36-14-12-34-17-27-19-38-27)10-11-29(21)41-31(33)23-4-8-25(9-5-23)37-15-13-35-18-28-20-39-28/h2-11,16,27-28H,12-15,17-20H2,1H3. The summed E-state index contributed by atoms with van der Waals surface area (Å²) in [7, 11) is 0. The van der Waals surface area contributed by atoms with Gasteiger partial charge >= 0.3 is 11.9 Å². The highest BCUT2D eigenvalue weighted by Gasteiger charge is 2.22. The van der Waals surface area contributed by atoms with Crippen molar-refractivity contribution in [2.75, 3.05) is 52.9 Å². The van der Waals surface area contributed by atoms with Gasteiger partial charge in [-0.05, 0) is 79.2 Å². The van der Waals surface area contributed by atoms with Gasteiger partial charge < -0.3 is 37.9 Å². The van der Waals surface area contributed by atoms with Crippen LogP contribution in [0.15, 0.2) is 66.7 Å². The normalized spacial score (nSPS) is 17.0. The van der Waals surface area contributed by atoms with E-state index in [1.54, 1.807) is 73.7 Å². The molecule has 10 heteroatoms. The van der Waals surface area contributed by atoms with Gasteiger partial charge in [0.2, 0.25) is 0 Å². The van der Waals surface area contributed by atoms with Gasteiger partial charge in [-0.3, -0.25) is 0 Å². The third-order valence-corrected chi connectivity index (χ3v) is 6.14. The van der Waals surface area contributed by atoms with E-state index in [9.17, 15) is 9.59 Å². The van der Waals surface area contributed by atoms with Crippen LogP contribution >= 0.6 is 0 Å². The van der Waals surface area contributed by atoms with Gasteiger partial charge in [-0.2, -0.15) is 0 Å². The molecule has 5 rings (SSSR count). The number of benzene rings is 3. The largest absolute Gasteiger partial charge is 0.491 e. The van der Waals surface area contributed by atoms with Crippen LogP contribution < -0.4 is 18.9 Å². The van der Waals surface area contributed by atoms with E-state index in [4.69, 9.17) is 37.9 Å². The van der Waals surface area contributed by atoms with Crippen LogP contribution in [0.1, 0.15) is 26.3 Å². The van der Waals surface area contributed by atoms with E-state index in [1.165, 1.54) is 0 Å². The van der Waals surface area contributed by atoms with Crippen LogP contribution in [0, 0.1) is 6.92 Å². The second-order valence-corrected chi connectivity index (χ2v) is 9.51. The highest BCUT2D eigenvalue weighted by Crippen LogP contribution is 2.26. The van der Waals surface area contributed by atoms with E-state index in [2.05, 4.69) is 0 Å². The first-order valence-electron chi connectivity index (χ1n) is 13.4. The zero-order valence-electron chi connectivity index (χ0n) is 22.7. The monoisotopic (exact) mass is 564 g/mol. The average molecular weight is 565 g/mol. The van der Waals surface area contributed by atoms with Crippen LogP contribution in [-0.2, 0) is 18.9 Å². The fourth-order valence-electron chi connectivity index (χ4n) is 3.69. The van der Waals surface area contributed by atoms with E-state index in [-0.39, 0.29) is 12.2 Å². The van der Waals surface area contributed by atoms with Crippen molar-refractivity contribution in [3.63, 3.8) is 0 Å². The maximum Gasteiger partial charge on any atom is 0.343 e. The molecular weight excluding hydrogens is 532 g/mol. The Balaban J connectivity index is 1.05. The molecule has 2 atom stereocenters. The van der Waals surface area contributed by atoms with Crippen LogP contribution in [-0.4, -0.2) is 77.0 Å².